The van der Waals surface area contributed by atoms with Gasteiger partial charge in [0.25, 0.3) is 0 Å². The van der Waals surface area contributed by atoms with Gasteiger partial charge in [0.1, 0.15) is 5.75 Å². The van der Waals surface area contributed by atoms with Crippen LogP contribution < -0.4 is 9.64 Å². The Labute approximate surface area is 210 Å². The van der Waals surface area contributed by atoms with Crippen LogP contribution in [0.2, 0.25) is 0 Å². The van der Waals surface area contributed by atoms with Gasteiger partial charge in [0.2, 0.25) is 5.91 Å². The number of unbranched alkanes of at least 4 members (excludes halogenated alkanes) is 2. The normalized spacial score (nSPS) is 15.0. The molecule has 0 aromatic heterocycles. The van der Waals surface area contributed by atoms with Gasteiger partial charge >= 0.3 is 0 Å². The minimum absolute atomic E-state index is 0.232. The Morgan fingerprint density at radius 1 is 1.03 bits per heavy atom. The molecule has 35 heavy (non-hydrogen) atoms. The molecule has 0 aliphatic carbocycles. The van der Waals surface area contributed by atoms with Crippen molar-refractivity contribution in [2.45, 2.75) is 77.7 Å². The Balaban J connectivity index is 1.25. The van der Waals surface area contributed by atoms with Gasteiger partial charge in [0, 0.05) is 37.5 Å². The van der Waals surface area contributed by atoms with Gasteiger partial charge in [-0.1, -0.05) is 24.6 Å². The lowest BCUT2D eigenvalue weighted by Gasteiger charge is -2.35. The summed E-state index contributed by atoms with van der Waals surface area (Å²) >= 11 is 0. The summed E-state index contributed by atoms with van der Waals surface area (Å²) in [4.78, 5) is 29.7. The summed E-state index contributed by atoms with van der Waals surface area (Å²) in [6.45, 7) is 7.38. The average Bonchev–Trinajstić information content (AvgIpc) is 2.87. The smallest absolute Gasteiger partial charge is 0.227 e. The Kier molecular flexibility index (Phi) is 8.61. The molecule has 2 aromatic rings. The molecule has 4 rings (SSSR count). The minimum atomic E-state index is 0.232. The van der Waals surface area contributed by atoms with Crippen LogP contribution in [0.25, 0.3) is 0 Å². The number of ketones is 1. The maximum Gasteiger partial charge on any atom is 0.227 e. The van der Waals surface area contributed by atoms with Crippen LogP contribution in [0, 0.1) is 0 Å². The molecule has 0 atom stereocenters. The molecule has 0 spiro atoms. The number of aryl methyl sites for hydroxylation is 2. The van der Waals surface area contributed by atoms with Crippen molar-refractivity contribution in [1.29, 1.82) is 0 Å². The van der Waals surface area contributed by atoms with E-state index in [2.05, 4.69) is 43.0 Å². The number of rotatable bonds is 12. The number of amides is 1. The standard InChI is InChI=1S/C30H40N2O3/c1-22(2)31(19-16-23-10-6-7-13-28(23)35-3)17-8-4-5-12-27(33)26-20-24-11-9-18-32-29(34)15-14-25(21-26)30(24)32/h6-7,10,13,20-22H,4-5,8-9,11-12,14-19H2,1-3H3. The average molecular weight is 477 g/mol. The van der Waals surface area contributed by atoms with Crippen molar-refractivity contribution in [3.63, 3.8) is 0 Å². The van der Waals surface area contributed by atoms with Gasteiger partial charge in [0.15, 0.2) is 5.78 Å². The molecule has 188 valence electrons. The second-order valence-electron chi connectivity index (χ2n) is 10.2. The quantitative estimate of drug-likeness (QED) is 0.295. The van der Waals surface area contributed by atoms with Crippen LogP contribution in [-0.2, 0) is 24.1 Å². The van der Waals surface area contributed by atoms with E-state index in [1.165, 1.54) is 16.7 Å². The van der Waals surface area contributed by atoms with Crippen molar-refractivity contribution in [3.8, 4) is 5.75 Å². The molecule has 0 radical (unpaired) electrons. The fourth-order valence-corrected chi connectivity index (χ4v) is 5.54. The summed E-state index contributed by atoms with van der Waals surface area (Å²) in [6, 6.07) is 12.9. The van der Waals surface area contributed by atoms with Crippen LogP contribution in [0.3, 0.4) is 0 Å². The second kappa shape index (κ2) is 11.9. The zero-order chi connectivity index (χ0) is 24.8. The van der Waals surface area contributed by atoms with Gasteiger partial charge in [0.05, 0.1) is 12.8 Å². The predicted octanol–water partition coefficient (Wildman–Crippen LogP) is 5.62. The number of Topliss-reactive ketones (excluding diaryl/α,β-unsaturated/α-hetero) is 1. The Morgan fingerprint density at radius 3 is 2.57 bits per heavy atom. The van der Waals surface area contributed by atoms with E-state index in [0.717, 1.165) is 81.6 Å². The molecule has 2 aromatic carbocycles. The van der Waals surface area contributed by atoms with E-state index >= 15 is 0 Å². The van der Waals surface area contributed by atoms with Crippen molar-refractivity contribution in [1.82, 2.24) is 4.90 Å². The van der Waals surface area contributed by atoms with Crippen LogP contribution in [0.4, 0.5) is 5.69 Å². The fourth-order valence-electron chi connectivity index (χ4n) is 5.54. The van der Waals surface area contributed by atoms with Gasteiger partial charge in [-0.3, -0.25) is 9.59 Å². The van der Waals surface area contributed by atoms with Gasteiger partial charge in [-0.2, -0.15) is 0 Å². The molecular formula is C30H40N2O3. The van der Waals surface area contributed by atoms with Crippen molar-refractivity contribution in [2.75, 3.05) is 31.6 Å². The summed E-state index contributed by atoms with van der Waals surface area (Å²) in [7, 11) is 1.73. The topological polar surface area (TPSA) is 49.9 Å². The molecule has 1 amide bonds. The van der Waals surface area contributed by atoms with E-state index in [9.17, 15) is 9.59 Å². The Bertz CT molecular complexity index is 1030. The number of carbonyl (C=O) groups excluding carboxylic acids is 2. The lowest BCUT2D eigenvalue weighted by Crippen LogP contribution is -2.39. The SMILES string of the molecule is COc1ccccc1CCN(CCCCCC(=O)c1cc2c3c(c1)CCC(=O)N3CCC2)C(C)C. The van der Waals surface area contributed by atoms with E-state index < -0.39 is 0 Å². The van der Waals surface area contributed by atoms with E-state index in [0.29, 0.717) is 18.9 Å². The monoisotopic (exact) mass is 476 g/mol. The summed E-state index contributed by atoms with van der Waals surface area (Å²) in [5.74, 6) is 1.44. The first-order chi connectivity index (χ1) is 17.0. The molecule has 2 heterocycles. The Morgan fingerprint density at radius 2 is 1.80 bits per heavy atom. The van der Waals surface area contributed by atoms with Crippen molar-refractivity contribution >= 4 is 17.4 Å². The number of para-hydroxylation sites is 1. The molecule has 0 unspecified atom stereocenters. The van der Waals surface area contributed by atoms with Crippen LogP contribution >= 0.6 is 0 Å². The summed E-state index contributed by atoms with van der Waals surface area (Å²) < 4.78 is 5.50. The number of nitrogens with zero attached hydrogens (tertiary/aromatic N) is 2. The third-order valence-electron chi connectivity index (χ3n) is 7.54. The highest BCUT2D eigenvalue weighted by Crippen LogP contribution is 2.37. The number of hydrogen-bond acceptors (Lipinski definition) is 4. The fraction of sp³-hybridized carbons (Fsp3) is 0.533. The largest absolute Gasteiger partial charge is 0.496 e. The maximum atomic E-state index is 13.0. The van der Waals surface area contributed by atoms with Crippen LogP contribution in [-0.4, -0.2) is 49.4 Å². The first-order valence-corrected chi connectivity index (χ1v) is 13.3. The highest BCUT2D eigenvalue weighted by molar-refractivity contribution is 6.01. The highest BCUT2D eigenvalue weighted by atomic mass is 16.5. The van der Waals surface area contributed by atoms with Crippen molar-refractivity contribution in [3.05, 3.63) is 58.7 Å². The number of benzene rings is 2. The molecule has 5 nitrogen and oxygen atoms in total. The molecule has 2 aliphatic heterocycles. The molecule has 5 heteroatoms. The van der Waals surface area contributed by atoms with Crippen molar-refractivity contribution < 1.29 is 14.3 Å². The summed E-state index contributed by atoms with van der Waals surface area (Å²) in [5, 5.41) is 0. The molecule has 0 saturated heterocycles. The van der Waals surface area contributed by atoms with Crippen LogP contribution in [0.1, 0.15) is 79.4 Å². The number of ether oxygens (including phenoxy) is 1. The first-order valence-electron chi connectivity index (χ1n) is 13.3. The first kappa shape index (κ1) is 25.4. The van der Waals surface area contributed by atoms with Crippen LogP contribution in [0.5, 0.6) is 5.75 Å². The van der Waals surface area contributed by atoms with Gasteiger partial charge < -0.3 is 14.5 Å². The van der Waals surface area contributed by atoms with E-state index in [1.54, 1.807) is 7.11 Å². The third kappa shape index (κ3) is 6.13. The zero-order valence-electron chi connectivity index (χ0n) is 21.6. The Hall–Kier alpha value is -2.66. The van der Waals surface area contributed by atoms with Gasteiger partial charge in [-0.25, -0.2) is 0 Å². The third-order valence-corrected chi connectivity index (χ3v) is 7.54. The number of hydrogen-bond donors (Lipinski definition) is 0. The molecular weight excluding hydrogens is 436 g/mol. The van der Waals surface area contributed by atoms with E-state index in [-0.39, 0.29) is 11.7 Å². The number of anilines is 1. The zero-order valence-corrected chi connectivity index (χ0v) is 21.6. The van der Waals surface area contributed by atoms with Crippen LogP contribution in [0.15, 0.2) is 36.4 Å². The van der Waals surface area contributed by atoms with Crippen molar-refractivity contribution in [2.24, 2.45) is 0 Å². The molecule has 0 fully saturated rings. The predicted molar refractivity (Wildman–Crippen MR) is 142 cm³/mol. The number of methoxy groups -OCH3 is 1. The highest BCUT2D eigenvalue weighted by Gasteiger charge is 2.30. The van der Waals surface area contributed by atoms with E-state index in [1.807, 2.05) is 17.0 Å². The lowest BCUT2D eigenvalue weighted by atomic mass is 9.88. The summed E-state index contributed by atoms with van der Waals surface area (Å²) in [6.07, 6.45) is 7.94. The molecule has 0 saturated carbocycles. The lowest BCUT2D eigenvalue weighted by molar-refractivity contribution is -0.119. The summed E-state index contributed by atoms with van der Waals surface area (Å²) in [5.41, 5.74) is 5.57. The molecule has 2 aliphatic rings. The van der Waals surface area contributed by atoms with Gasteiger partial charge in [-0.15, -0.1) is 0 Å². The molecule has 0 bridgehead atoms. The number of carbonyl (C=O) groups is 2. The maximum absolute atomic E-state index is 13.0. The molecule has 0 N–H and O–H groups in total. The minimum Gasteiger partial charge on any atom is -0.496 e. The second-order valence-corrected chi connectivity index (χ2v) is 10.2. The van der Waals surface area contributed by atoms with Gasteiger partial charge in [-0.05, 0) is 93.8 Å². The van der Waals surface area contributed by atoms with E-state index in [4.69, 9.17) is 4.74 Å².